The molecule has 0 saturated carbocycles. The first-order valence-corrected chi connectivity index (χ1v) is 7.97. The third-order valence-electron chi connectivity index (χ3n) is 3.21. The summed E-state index contributed by atoms with van der Waals surface area (Å²) in [6.07, 6.45) is 0. The van der Waals surface area contributed by atoms with Gasteiger partial charge in [0, 0.05) is 16.5 Å². The van der Waals surface area contributed by atoms with Gasteiger partial charge < -0.3 is 4.74 Å². The Morgan fingerprint density at radius 2 is 1.76 bits per heavy atom. The molecule has 0 radical (unpaired) electrons. The summed E-state index contributed by atoms with van der Waals surface area (Å²) in [5.74, 6) is -0.771. The normalized spacial score (nSPS) is 10.7. The Morgan fingerprint density at radius 3 is 2.40 bits per heavy atom. The van der Waals surface area contributed by atoms with E-state index in [0.29, 0.717) is 22.0 Å². The third kappa shape index (κ3) is 4.36. The van der Waals surface area contributed by atoms with E-state index in [9.17, 15) is 18.0 Å². The summed E-state index contributed by atoms with van der Waals surface area (Å²) < 4.78 is 41.4. The lowest BCUT2D eigenvalue weighted by molar-refractivity contribution is -0.0498. The van der Waals surface area contributed by atoms with Crippen LogP contribution in [0.5, 0.6) is 5.75 Å². The smallest absolute Gasteiger partial charge is 0.387 e. The van der Waals surface area contributed by atoms with E-state index in [1.165, 1.54) is 47.7 Å². The maximum atomic E-state index is 12.9. The van der Waals surface area contributed by atoms with Crippen molar-refractivity contribution in [1.82, 2.24) is 4.98 Å². The number of carbonyl (C=O) groups excluding carboxylic acids is 1. The van der Waals surface area contributed by atoms with Crippen molar-refractivity contribution in [3.8, 4) is 17.0 Å². The van der Waals surface area contributed by atoms with Gasteiger partial charge >= 0.3 is 6.61 Å². The van der Waals surface area contributed by atoms with Gasteiger partial charge in [0.15, 0.2) is 5.13 Å². The van der Waals surface area contributed by atoms with Gasteiger partial charge in [0.25, 0.3) is 5.91 Å². The molecular formula is C17H11F3N2O2S. The Labute approximate surface area is 144 Å². The number of aromatic nitrogens is 1. The lowest BCUT2D eigenvalue weighted by atomic mass is 10.2. The summed E-state index contributed by atoms with van der Waals surface area (Å²) in [5, 5.41) is 4.73. The van der Waals surface area contributed by atoms with Gasteiger partial charge in [-0.2, -0.15) is 8.78 Å². The summed E-state index contributed by atoms with van der Waals surface area (Å²) in [4.78, 5) is 16.3. The molecule has 1 amide bonds. The van der Waals surface area contributed by atoms with E-state index >= 15 is 0 Å². The number of nitrogens with one attached hydrogen (secondary N) is 1. The van der Waals surface area contributed by atoms with Gasteiger partial charge in [0.05, 0.1) is 5.69 Å². The number of nitrogens with zero attached hydrogens (tertiary/aromatic N) is 1. The molecule has 0 unspecified atom stereocenters. The average Bonchev–Trinajstić information content (AvgIpc) is 3.04. The molecular weight excluding hydrogens is 353 g/mol. The summed E-state index contributed by atoms with van der Waals surface area (Å²) in [5.41, 5.74) is 1.59. The van der Waals surface area contributed by atoms with Crippen LogP contribution in [0.3, 0.4) is 0 Å². The standard InChI is InChI=1S/C17H11F3N2O2S/c18-12-5-1-11(2-6-12)15(23)22-17-21-14(9-25-17)10-3-7-13(8-4-10)24-16(19)20/h1-9,16H,(H,21,22,23). The summed E-state index contributed by atoms with van der Waals surface area (Å²) in [6, 6.07) is 11.2. The monoisotopic (exact) mass is 364 g/mol. The second kappa shape index (κ2) is 7.35. The number of carbonyl (C=O) groups is 1. The highest BCUT2D eigenvalue weighted by Gasteiger charge is 2.11. The first-order valence-electron chi connectivity index (χ1n) is 7.09. The van der Waals surface area contributed by atoms with Crippen molar-refractivity contribution in [2.75, 3.05) is 5.32 Å². The molecule has 0 aliphatic rings. The van der Waals surface area contributed by atoms with Gasteiger partial charge in [-0.3, -0.25) is 10.1 Å². The SMILES string of the molecule is O=C(Nc1nc(-c2ccc(OC(F)F)cc2)cs1)c1ccc(F)cc1. The van der Waals surface area contributed by atoms with Crippen LogP contribution in [0.15, 0.2) is 53.9 Å². The van der Waals surface area contributed by atoms with Crippen molar-refractivity contribution in [2.45, 2.75) is 6.61 Å². The zero-order valence-electron chi connectivity index (χ0n) is 12.6. The summed E-state index contributed by atoms with van der Waals surface area (Å²) >= 11 is 1.22. The number of ether oxygens (including phenoxy) is 1. The largest absolute Gasteiger partial charge is 0.435 e. The zero-order valence-corrected chi connectivity index (χ0v) is 13.4. The molecule has 1 aromatic heterocycles. The number of halogens is 3. The van der Waals surface area contributed by atoms with Crippen molar-refractivity contribution >= 4 is 22.4 Å². The van der Waals surface area contributed by atoms with Gasteiger partial charge in [-0.05, 0) is 48.5 Å². The predicted octanol–water partition coefficient (Wildman–Crippen LogP) is 4.80. The minimum absolute atomic E-state index is 0.0545. The molecule has 0 fully saturated rings. The van der Waals surface area contributed by atoms with Gasteiger partial charge in [-0.1, -0.05) is 0 Å². The molecule has 2 aromatic carbocycles. The fraction of sp³-hybridized carbons (Fsp3) is 0.0588. The quantitative estimate of drug-likeness (QED) is 0.707. The zero-order chi connectivity index (χ0) is 17.8. The predicted molar refractivity (Wildman–Crippen MR) is 88.5 cm³/mol. The van der Waals surface area contributed by atoms with Gasteiger partial charge in [-0.15, -0.1) is 11.3 Å². The molecule has 0 aliphatic heterocycles. The first kappa shape index (κ1) is 17.0. The highest BCUT2D eigenvalue weighted by Crippen LogP contribution is 2.27. The second-order valence-electron chi connectivity index (χ2n) is 4.90. The van der Waals surface area contributed by atoms with E-state index in [1.54, 1.807) is 17.5 Å². The number of hydrogen-bond acceptors (Lipinski definition) is 4. The van der Waals surface area contributed by atoms with E-state index in [2.05, 4.69) is 15.0 Å². The van der Waals surface area contributed by atoms with Crippen molar-refractivity contribution in [2.24, 2.45) is 0 Å². The number of rotatable bonds is 5. The van der Waals surface area contributed by atoms with Crippen LogP contribution in [0.4, 0.5) is 18.3 Å². The highest BCUT2D eigenvalue weighted by molar-refractivity contribution is 7.14. The fourth-order valence-corrected chi connectivity index (χ4v) is 2.76. The molecule has 0 atom stereocenters. The molecule has 128 valence electrons. The molecule has 4 nitrogen and oxygen atoms in total. The topological polar surface area (TPSA) is 51.2 Å². The molecule has 1 N–H and O–H groups in total. The van der Waals surface area contributed by atoms with Gasteiger partial charge in [0.2, 0.25) is 0 Å². The van der Waals surface area contributed by atoms with E-state index in [0.717, 1.165) is 0 Å². The molecule has 0 saturated heterocycles. The Morgan fingerprint density at radius 1 is 1.08 bits per heavy atom. The Kier molecular flexibility index (Phi) is 4.99. The van der Waals surface area contributed by atoms with E-state index < -0.39 is 18.3 Å². The van der Waals surface area contributed by atoms with Crippen LogP contribution in [0.2, 0.25) is 0 Å². The van der Waals surface area contributed by atoms with Crippen molar-refractivity contribution in [3.63, 3.8) is 0 Å². The van der Waals surface area contributed by atoms with Crippen LogP contribution in [0.1, 0.15) is 10.4 Å². The van der Waals surface area contributed by atoms with E-state index in [1.807, 2.05) is 0 Å². The van der Waals surface area contributed by atoms with E-state index in [-0.39, 0.29) is 5.75 Å². The molecule has 3 aromatic rings. The van der Waals surface area contributed by atoms with Gasteiger partial charge in [0.1, 0.15) is 11.6 Å². The van der Waals surface area contributed by atoms with E-state index in [4.69, 9.17) is 0 Å². The first-order chi connectivity index (χ1) is 12.0. The van der Waals surface area contributed by atoms with Crippen LogP contribution in [-0.4, -0.2) is 17.5 Å². The summed E-state index contributed by atoms with van der Waals surface area (Å²) in [7, 11) is 0. The number of thiazole rings is 1. The van der Waals surface area contributed by atoms with Crippen LogP contribution in [0.25, 0.3) is 11.3 Å². The highest BCUT2D eigenvalue weighted by atomic mass is 32.1. The molecule has 0 bridgehead atoms. The molecule has 25 heavy (non-hydrogen) atoms. The lowest BCUT2D eigenvalue weighted by Gasteiger charge is -2.04. The second-order valence-corrected chi connectivity index (χ2v) is 5.76. The molecule has 0 spiro atoms. The van der Waals surface area contributed by atoms with Crippen LogP contribution in [0, 0.1) is 5.82 Å². The minimum Gasteiger partial charge on any atom is -0.435 e. The molecule has 8 heteroatoms. The number of hydrogen-bond donors (Lipinski definition) is 1. The Hall–Kier alpha value is -2.87. The molecule has 1 heterocycles. The third-order valence-corrected chi connectivity index (χ3v) is 3.96. The number of alkyl halides is 2. The van der Waals surface area contributed by atoms with Crippen molar-refractivity contribution in [3.05, 3.63) is 65.3 Å². The average molecular weight is 364 g/mol. The maximum absolute atomic E-state index is 12.9. The van der Waals surface area contributed by atoms with Crippen molar-refractivity contribution < 1.29 is 22.7 Å². The number of anilines is 1. The van der Waals surface area contributed by atoms with Crippen LogP contribution >= 0.6 is 11.3 Å². The Bertz CT molecular complexity index is 864. The molecule has 3 rings (SSSR count). The Balaban J connectivity index is 1.69. The van der Waals surface area contributed by atoms with Crippen molar-refractivity contribution in [1.29, 1.82) is 0 Å². The lowest BCUT2D eigenvalue weighted by Crippen LogP contribution is -2.11. The van der Waals surface area contributed by atoms with Crippen LogP contribution in [-0.2, 0) is 0 Å². The number of amides is 1. The number of benzene rings is 2. The summed E-state index contributed by atoms with van der Waals surface area (Å²) in [6.45, 7) is -2.88. The minimum atomic E-state index is -2.88. The van der Waals surface area contributed by atoms with Crippen LogP contribution < -0.4 is 10.1 Å². The maximum Gasteiger partial charge on any atom is 0.387 e. The fourth-order valence-electron chi connectivity index (χ4n) is 2.04. The molecule has 0 aliphatic carbocycles. The van der Waals surface area contributed by atoms with Gasteiger partial charge in [-0.25, -0.2) is 9.37 Å².